The van der Waals surface area contributed by atoms with E-state index < -0.39 is 23.9 Å². The fourth-order valence-corrected chi connectivity index (χ4v) is 4.56. The lowest BCUT2D eigenvalue weighted by Crippen LogP contribution is -2.41. The van der Waals surface area contributed by atoms with Crippen molar-refractivity contribution in [1.82, 2.24) is 4.90 Å². The molecular formula is C29H27N3O7. The van der Waals surface area contributed by atoms with Gasteiger partial charge in [-0.1, -0.05) is 24.3 Å². The average molecular weight is 530 g/mol. The summed E-state index contributed by atoms with van der Waals surface area (Å²) in [6.07, 6.45) is 1.31. The third-order valence-corrected chi connectivity index (χ3v) is 6.40. The van der Waals surface area contributed by atoms with E-state index in [1.807, 2.05) is 6.08 Å². The Hall–Kier alpha value is -5.04. The van der Waals surface area contributed by atoms with E-state index in [0.717, 1.165) is 5.56 Å². The SMILES string of the molecule is CCOC(=O)N1CC2=C(OC(N)=C(C#N)C2c2ccc(C(=O)OC)cc2)/C(=C/c2ccc(C(=O)OC)cc2)C1. The Labute approximate surface area is 225 Å². The minimum absolute atomic E-state index is 0.0465. The second-order valence-electron chi connectivity index (χ2n) is 8.73. The number of amides is 1. The maximum absolute atomic E-state index is 12.8. The van der Waals surface area contributed by atoms with Crippen molar-refractivity contribution in [3.63, 3.8) is 0 Å². The minimum atomic E-state index is -0.632. The van der Waals surface area contributed by atoms with Crippen LogP contribution in [0.3, 0.4) is 0 Å². The summed E-state index contributed by atoms with van der Waals surface area (Å²) < 4.78 is 20.8. The Kier molecular flexibility index (Phi) is 8.01. The summed E-state index contributed by atoms with van der Waals surface area (Å²) in [5.41, 5.74) is 9.87. The molecule has 1 atom stereocenters. The van der Waals surface area contributed by atoms with Crippen LogP contribution in [0.15, 0.2) is 76.9 Å². The number of allylic oxidation sites excluding steroid dienone is 1. The minimum Gasteiger partial charge on any atom is -0.465 e. The van der Waals surface area contributed by atoms with Gasteiger partial charge in [0.05, 0.1) is 51.0 Å². The second-order valence-corrected chi connectivity index (χ2v) is 8.73. The maximum Gasteiger partial charge on any atom is 0.410 e. The number of nitrogens with two attached hydrogens (primary N) is 1. The molecule has 39 heavy (non-hydrogen) atoms. The van der Waals surface area contributed by atoms with Crippen molar-refractivity contribution in [2.45, 2.75) is 12.8 Å². The Bertz CT molecular complexity index is 1430. The molecule has 2 heterocycles. The van der Waals surface area contributed by atoms with E-state index in [0.29, 0.717) is 33.6 Å². The van der Waals surface area contributed by atoms with Crippen LogP contribution in [0.1, 0.15) is 44.7 Å². The van der Waals surface area contributed by atoms with Gasteiger partial charge >= 0.3 is 18.0 Å². The molecule has 2 aliphatic rings. The van der Waals surface area contributed by atoms with Gasteiger partial charge in [-0.3, -0.25) is 4.90 Å². The molecule has 2 N–H and O–H groups in total. The van der Waals surface area contributed by atoms with Crippen LogP contribution in [0.4, 0.5) is 4.79 Å². The Morgan fingerprint density at radius 2 is 1.62 bits per heavy atom. The number of rotatable bonds is 5. The molecule has 0 spiro atoms. The van der Waals surface area contributed by atoms with Crippen LogP contribution in [-0.2, 0) is 18.9 Å². The Morgan fingerprint density at radius 1 is 1.03 bits per heavy atom. The van der Waals surface area contributed by atoms with E-state index in [1.165, 1.54) is 19.1 Å². The summed E-state index contributed by atoms with van der Waals surface area (Å²) in [6.45, 7) is 2.22. The van der Waals surface area contributed by atoms with Crippen molar-refractivity contribution in [1.29, 1.82) is 5.26 Å². The monoisotopic (exact) mass is 529 g/mol. The van der Waals surface area contributed by atoms with Gasteiger partial charge in [0.1, 0.15) is 17.4 Å². The molecule has 0 saturated carbocycles. The quantitative estimate of drug-likeness (QED) is 0.451. The highest BCUT2D eigenvalue weighted by Crippen LogP contribution is 2.44. The summed E-state index contributed by atoms with van der Waals surface area (Å²) in [4.78, 5) is 38.1. The molecule has 0 saturated heterocycles. The number of nitrogens with zero attached hydrogens (tertiary/aromatic N) is 2. The molecule has 10 heteroatoms. The van der Waals surface area contributed by atoms with Gasteiger partial charge in [-0.25, -0.2) is 14.4 Å². The first-order valence-electron chi connectivity index (χ1n) is 12.1. The number of ether oxygens (including phenoxy) is 4. The van der Waals surface area contributed by atoms with Crippen molar-refractivity contribution >= 4 is 24.1 Å². The maximum atomic E-state index is 12.8. The number of hydrogen-bond donors (Lipinski definition) is 1. The van der Waals surface area contributed by atoms with Crippen molar-refractivity contribution in [3.8, 4) is 6.07 Å². The van der Waals surface area contributed by atoms with Gasteiger partial charge in [0.25, 0.3) is 0 Å². The second kappa shape index (κ2) is 11.6. The standard InChI is InChI=1S/C29H27N3O7/c1-4-38-29(35)32-15-21(13-17-5-7-19(8-6-17)27(33)36-2)25-23(16-32)24(22(14-30)26(31)39-25)18-9-11-20(12-10-18)28(34)37-3/h5-13,24H,4,15-16,31H2,1-3H3/b21-13+. The highest BCUT2D eigenvalue weighted by Gasteiger charge is 2.39. The van der Waals surface area contributed by atoms with Crippen LogP contribution in [0.5, 0.6) is 0 Å². The van der Waals surface area contributed by atoms with Crippen molar-refractivity contribution in [2.75, 3.05) is 33.9 Å². The Balaban J connectivity index is 1.83. The summed E-state index contributed by atoms with van der Waals surface area (Å²) in [5.74, 6) is -1.17. The molecule has 0 bridgehead atoms. The van der Waals surface area contributed by atoms with Gasteiger partial charge < -0.3 is 24.7 Å². The molecule has 1 unspecified atom stereocenters. The van der Waals surface area contributed by atoms with Gasteiger partial charge in [-0.15, -0.1) is 0 Å². The smallest absolute Gasteiger partial charge is 0.410 e. The first-order chi connectivity index (χ1) is 18.8. The lowest BCUT2D eigenvalue weighted by molar-refractivity contribution is 0.0592. The van der Waals surface area contributed by atoms with Gasteiger partial charge in [-0.2, -0.15) is 5.26 Å². The number of benzene rings is 2. The lowest BCUT2D eigenvalue weighted by Gasteiger charge is -2.37. The highest BCUT2D eigenvalue weighted by molar-refractivity contribution is 5.90. The number of nitriles is 1. The number of carbonyl (C=O) groups excluding carboxylic acids is 3. The third kappa shape index (κ3) is 5.48. The third-order valence-electron chi connectivity index (χ3n) is 6.40. The first-order valence-corrected chi connectivity index (χ1v) is 12.1. The fourth-order valence-electron chi connectivity index (χ4n) is 4.56. The van der Waals surface area contributed by atoms with Crippen LogP contribution in [0, 0.1) is 11.3 Å². The van der Waals surface area contributed by atoms with Crippen LogP contribution in [-0.4, -0.2) is 56.8 Å². The zero-order chi connectivity index (χ0) is 28.1. The summed E-state index contributed by atoms with van der Waals surface area (Å²) in [7, 11) is 2.61. The zero-order valence-corrected chi connectivity index (χ0v) is 21.7. The lowest BCUT2D eigenvalue weighted by atomic mass is 9.80. The topological polar surface area (TPSA) is 141 Å². The molecule has 2 aromatic carbocycles. The molecule has 0 radical (unpaired) electrons. The van der Waals surface area contributed by atoms with Crippen LogP contribution < -0.4 is 5.73 Å². The number of esters is 2. The Morgan fingerprint density at radius 3 is 2.15 bits per heavy atom. The van der Waals surface area contributed by atoms with E-state index in [-0.39, 0.29) is 31.2 Å². The molecule has 1 amide bonds. The van der Waals surface area contributed by atoms with Crippen molar-refractivity contribution in [3.05, 3.63) is 99.1 Å². The predicted octanol–water partition coefficient (Wildman–Crippen LogP) is 3.88. The summed E-state index contributed by atoms with van der Waals surface area (Å²) in [6, 6.07) is 15.5. The first kappa shape index (κ1) is 27.0. The van der Waals surface area contributed by atoms with Gasteiger partial charge in [0.15, 0.2) is 0 Å². The normalized spacial score (nSPS) is 17.6. The number of hydrogen-bond acceptors (Lipinski definition) is 9. The van der Waals surface area contributed by atoms with Crippen molar-refractivity contribution < 1.29 is 33.3 Å². The molecule has 0 fully saturated rings. The molecule has 10 nitrogen and oxygen atoms in total. The fraction of sp³-hybridized carbons (Fsp3) is 0.241. The molecule has 2 aliphatic heterocycles. The molecule has 4 rings (SSSR count). The molecule has 0 aromatic heterocycles. The van der Waals surface area contributed by atoms with Crippen LogP contribution >= 0.6 is 0 Å². The average Bonchev–Trinajstić information content (AvgIpc) is 2.96. The highest BCUT2D eigenvalue weighted by atomic mass is 16.6. The summed E-state index contributed by atoms with van der Waals surface area (Å²) in [5, 5.41) is 9.99. The molecule has 200 valence electrons. The summed E-state index contributed by atoms with van der Waals surface area (Å²) >= 11 is 0. The number of methoxy groups -OCH3 is 2. The number of carbonyl (C=O) groups is 3. The molecule has 2 aromatic rings. The van der Waals surface area contributed by atoms with Crippen molar-refractivity contribution in [2.24, 2.45) is 5.73 Å². The van der Waals surface area contributed by atoms with E-state index >= 15 is 0 Å². The van der Waals surface area contributed by atoms with Crippen LogP contribution in [0.2, 0.25) is 0 Å². The van der Waals surface area contributed by atoms with Gasteiger partial charge in [0.2, 0.25) is 5.88 Å². The molecule has 0 aliphatic carbocycles. The zero-order valence-electron chi connectivity index (χ0n) is 21.7. The van der Waals surface area contributed by atoms with E-state index in [1.54, 1.807) is 55.5 Å². The van der Waals surface area contributed by atoms with E-state index in [2.05, 4.69) is 6.07 Å². The largest absolute Gasteiger partial charge is 0.465 e. The van der Waals surface area contributed by atoms with E-state index in [4.69, 9.17) is 24.7 Å². The predicted molar refractivity (Wildman–Crippen MR) is 140 cm³/mol. The van der Waals surface area contributed by atoms with E-state index in [9.17, 15) is 19.6 Å². The van der Waals surface area contributed by atoms with Gasteiger partial charge in [-0.05, 0) is 48.4 Å². The van der Waals surface area contributed by atoms with Gasteiger partial charge in [0, 0.05) is 11.1 Å². The van der Waals surface area contributed by atoms with Crippen LogP contribution in [0.25, 0.3) is 6.08 Å². The molecular weight excluding hydrogens is 502 g/mol.